The van der Waals surface area contributed by atoms with Crippen molar-refractivity contribution >= 4 is 17.0 Å². The number of aromatic nitrogens is 4. The highest BCUT2D eigenvalue weighted by molar-refractivity contribution is 5.93. The van der Waals surface area contributed by atoms with E-state index in [4.69, 9.17) is 14.7 Å². The van der Waals surface area contributed by atoms with Crippen molar-refractivity contribution in [3.8, 4) is 23.3 Å². The van der Waals surface area contributed by atoms with Crippen molar-refractivity contribution in [2.75, 3.05) is 13.2 Å². The standard InChI is InChI=1S/C33H25F4N5O4/c1-33(2)16-45-15-27(33)42-26-10-20(32(43)44)9-25(37)30(26)40-28(42)11-19-8-24(36)21(12-23(19)35)31-39-6-5-29(41-31)46-14-18-4-3-17(13-38)7-22(18)34/h3-10,12,27H,11,14-16H2,1-2H3,(H,43,44). The Hall–Kier alpha value is -5.35. The number of fused-ring (bicyclic) bond motifs is 1. The van der Waals surface area contributed by atoms with E-state index in [1.807, 2.05) is 19.9 Å². The third-order valence-corrected chi connectivity index (χ3v) is 7.95. The van der Waals surface area contributed by atoms with Crippen molar-refractivity contribution in [2.24, 2.45) is 5.41 Å². The molecule has 1 saturated heterocycles. The maximum Gasteiger partial charge on any atom is 0.335 e. The summed E-state index contributed by atoms with van der Waals surface area (Å²) < 4.78 is 73.3. The van der Waals surface area contributed by atoms with Crippen LogP contribution in [-0.4, -0.2) is 43.8 Å². The number of carboxylic acids is 1. The van der Waals surface area contributed by atoms with Gasteiger partial charge >= 0.3 is 5.97 Å². The summed E-state index contributed by atoms with van der Waals surface area (Å²) in [4.78, 5) is 24.3. The Morgan fingerprint density at radius 3 is 2.52 bits per heavy atom. The second kappa shape index (κ2) is 11.9. The zero-order chi connectivity index (χ0) is 32.7. The fourth-order valence-corrected chi connectivity index (χ4v) is 5.48. The molecule has 0 saturated carbocycles. The predicted octanol–water partition coefficient (Wildman–Crippen LogP) is 6.39. The molecule has 1 atom stereocenters. The third-order valence-electron chi connectivity index (χ3n) is 7.95. The van der Waals surface area contributed by atoms with Crippen LogP contribution in [0.3, 0.4) is 0 Å². The van der Waals surface area contributed by atoms with Gasteiger partial charge in [0.05, 0.1) is 47.5 Å². The van der Waals surface area contributed by atoms with E-state index in [1.54, 1.807) is 4.57 Å². The summed E-state index contributed by atoms with van der Waals surface area (Å²) in [5.74, 6) is -4.46. The molecule has 1 N–H and O–H groups in total. The number of aromatic carboxylic acids is 1. The van der Waals surface area contributed by atoms with Crippen molar-refractivity contribution in [1.29, 1.82) is 5.26 Å². The molecule has 3 aromatic carbocycles. The van der Waals surface area contributed by atoms with Crippen LogP contribution in [0.15, 0.2) is 54.7 Å². The van der Waals surface area contributed by atoms with Crippen LogP contribution in [0.5, 0.6) is 5.88 Å². The van der Waals surface area contributed by atoms with Gasteiger partial charge < -0.3 is 19.1 Å². The molecule has 6 rings (SSSR count). The molecule has 9 nitrogen and oxygen atoms in total. The first-order chi connectivity index (χ1) is 21.9. The second-order valence-electron chi connectivity index (χ2n) is 11.6. The lowest BCUT2D eigenvalue weighted by Crippen LogP contribution is -2.27. The lowest BCUT2D eigenvalue weighted by Gasteiger charge is -2.28. The lowest BCUT2D eigenvalue weighted by atomic mass is 9.87. The Morgan fingerprint density at radius 1 is 1.04 bits per heavy atom. The number of benzene rings is 3. The fourth-order valence-electron chi connectivity index (χ4n) is 5.48. The van der Waals surface area contributed by atoms with Crippen LogP contribution in [0.4, 0.5) is 17.6 Å². The van der Waals surface area contributed by atoms with Crippen molar-refractivity contribution < 1.29 is 36.9 Å². The molecule has 2 aromatic heterocycles. The highest BCUT2D eigenvalue weighted by atomic mass is 19.1. The summed E-state index contributed by atoms with van der Waals surface area (Å²) in [6, 6.07) is 10.8. The van der Waals surface area contributed by atoms with Crippen molar-refractivity contribution in [3.05, 3.63) is 106 Å². The van der Waals surface area contributed by atoms with Gasteiger partial charge in [-0.3, -0.25) is 0 Å². The largest absolute Gasteiger partial charge is 0.478 e. The maximum atomic E-state index is 15.6. The summed E-state index contributed by atoms with van der Waals surface area (Å²) in [5, 5.41) is 18.4. The molecule has 1 aliphatic rings. The van der Waals surface area contributed by atoms with Gasteiger partial charge in [-0.05, 0) is 42.0 Å². The average molecular weight is 632 g/mol. The molecule has 0 amide bonds. The molecule has 0 radical (unpaired) electrons. The minimum Gasteiger partial charge on any atom is -0.478 e. The smallest absolute Gasteiger partial charge is 0.335 e. The van der Waals surface area contributed by atoms with Crippen LogP contribution >= 0.6 is 0 Å². The molecule has 0 aliphatic carbocycles. The SMILES string of the molecule is CC1(C)COCC1n1c(Cc2cc(F)c(-c3nccc(OCc4ccc(C#N)cc4F)n3)cc2F)nc2c(F)cc(C(=O)O)cc21. The van der Waals surface area contributed by atoms with E-state index in [9.17, 15) is 14.3 Å². The zero-order valence-corrected chi connectivity index (χ0v) is 24.5. The number of rotatable bonds is 8. The molecule has 13 heteroatoms. The molecular weight excluding hydrogens is 606 g/mol. The number of carboxylic acid groups (broad SMARTS) is 1. The molecule has 3 heterocycles. The van der Waals surface area contributed by atoms with Gasteiger partial charge in [-0.1, -0.05) is 19.9 Å². The summed E-state index contributed by atoms with van der Waals surface area (Å²) >= 11 is 0. The van der Waals surface area contributed by atoms with Gasteiger partial charge in [-0.25, -0.2) is 32.3 Å². The molecule has 46 heavy (non-hydrogen) atoms. The zero-order valence-electron chi connectivity index (χ0n) is 24.5. The lowest BCUT2D eigenvalue weighted by molar-refractivity contribution is 0.0696. The van der Waals surface area contributed by atoms with Crippen molar-refractivity contribution in [3.63, 3.8) is 0 Å². The first-order valence-corrected chi connectivity index (χ1v) is 14.1. The number of nitriles is 1. The summed E-state index contributed by atoms with van der Waals surface area (Å²) in [5.41, 5.74) is -0.639. The summed E-state index contributed by atoms with van der Waals surface area (Å²) in [6.45, 7) is 4.24. The monoisotopic (exact) mass is 631 g/mol. The normalized spacial score (nSPS) is 15.6. The second-order valence-corrected chi connectivity index (χ2v) is 11.6. The molecule has 1 aliphatic heterocycles. The maximum absolute atomic E-state index is 15.6. The van der Waals surface area contributed by atoms with Crippen molar-refractivity contribution in [2.45, 2.75) is 32.9 Å². The number of halogens is 4. The summed E-state index contributed by atoms with van der Waals surface area (Å²) in [7, 11) is 0. The number of hydrogen-bond acceptors (Lipinski definition) is 7. The molecule has 1 unspecified atom stereocenters. The molecule has 0 bridgehead atoms. The molecule has 234 valence electrons. The van der Waals surface area contributed by atoms with Crippen LogP contribution in [0.1, 0.15) is 52.8 Å². The fraction of sp³-hybridized carbons (Fsp3) is 0.242. The Kier molecular flexibility index (Phi) is 7.91. The topological polar surface area (TPSA) is 123 Å². The minimum atomic E-state index is -1.32. The number of imidazole rings is 1. The molecule has 0 spiro atoms. The van der Waals surface area contributed by atoms with Crippen LogP contribution in [-0.2, 0) is 17.8 Å². The van der Waals surface area contributed by atoms with E-state index in [-0.39, 0.29) is 76.0 Å². The van der Waals surface area contributed by atoms with Crippen molar-refractivity contribution in [1.82, 2.24) is 19.5 Å². The average Bonchev–Trinajstić information content (AvgIpc) is 3.56. The summed E-state index contributed by atoms with van der Waals surface area (Å²) in [6.07, 6.45) is 1.04. The molecule has 1 fully saturated rings. The van der Waals surface area contributed by atoms with Gasteiger partial charge in [-0.15, -0.1) is 0 Å². The minimum absolute atomic E-state index is 0.0180. The molecular formula is C33H25F4N5O4. The van der Waals surface area contributed by atoms with Crippen LogP contribution in [0.2, 0.25) is 0 Å². The predicted molar refractivity (Wildman–Crippen MR) is 156 cm³/mol. The van der Waals surface area contributed by atoms with E-state index in [2.05, 4.69) is 15.0 Å². The Morgan fingerprint density at radius 2 is 1.83 bits per heavy atom. The number of carbonyl (C=O) groups is 1. The Bertz CT molecular complexity index is 2060. The van der Waals surface area contributed by atoms with Crippen LogP contribution in [0, 0.1) is 40.0 Å². The number of nitrogens with zero attached hydrogens (tertiary/aromatic N) is 5. The third kappa shape index (κ3) is 5.75. The van der Waals surface area contributed by atoms with E-state index in [0.29, 0.717) is 6.61 Å². The highest BCUT2D eigenvalue weighted by Crippen LogP contribution is 2.41. The van der Waals surface area contributed by atoms with Gasteiger partial charge in [0.25, 0.3) is 0 Å². The Balaban J connectivity index is 1.32. The van der Waals surface area contributed by atoms with Gasteiger partial charge in [0, 0.05) is 29.7 Å². The van der Waals surface area contributed by atoms with Gasteiger partial charge in [0.2, 0.25) is 5.88 Å². The highest BCUT2D eigenvalue weighted by Gasteiger charge is 2.39. The van der Waals surface area contributed by atoms with E-state index >= 15 is 13.2 Å². The van der Waals surface area contributed by atoms with E-state index in [0.717, 1.165) is 24.3 Å². The van der Waals surface area contributed by atoms with Gasteiger partial charge in [0.15, 0.2) is 11.6 Å². The molecule has 5 aromatic rings. The van der Waals surface area contributed by atoms with E-state index in [1.165, 1.54) is 30.5 Å². The number of ether oxygens (including phenoxy) is 2. The quantitative estimate of drug-likeness (QED) is 0.196. The van der Waals surface area contributed by atoms with Crippen LogP contribution < -0.4 is 4.74 Å². The number of hydrogen-bond donors (Lipinski definition) is 1. The van der Waals surface area contributed by atoms with Gasteiger partial charge in [-0.2, -0.15) is 10.2 Å². The Labute approximate surface area is 259 Å². The van der Waals surface area contributed by atoms with E-state index < -0.39 is 40.7 Å². The first-order valence-electron chi connectivity index (χ1n) is 14.1. The van der Waals surface area contributed by atoms with Crippen LogP contribution in [0.25, 0.3) is 22.4 Å². The first kappa shape index (κ1) is 30.7. The van der Waals surface area contributed by atoms with Gasteiger partial charge in [0.1, 0.15) is 35.4 Å².